The Labute approximate surface area is 117 Å². The molecule has 1 aliphatic rings. The summed E-state index contributed by atoms with van der Waals surface area (Å²) in [6.45, 7) is 1.06. The lowest BCUT2D eigenvalue weighted by atomic mass is 10.0. The van der Waals surface area contributed by atoms with Crippen molar-refractivity contribution >= 4 is 16.4 Å². The molecule has 1 aromatic carbocycles. The molecule has 0 spiro atoms. The summed E-state index contributed by atoms with van der Waals surface area (Å²) in [6, 6.07) is 10.2. The normalized spacial score (nSPS) is 19.7. The van der Waals surface area contributed by atoms with Crippen molar-refractivity contribution in [1.82, 2.24) is 14.7 Å². The summed E-state index contributed by atoms with van der Waals surface area (Å²) in [5.41, 5.74) is 1.91. The van der Waals surface area contributed by atoms with E-state index in [2.05, 4.69) is 5.32 Å². The summed E-state index contributed by atoms with van der Waals surface area (Å²) in [7, 11) is 0. The Morgan fingerprint density at radius 1 is 1.15 bits per heavy atom. The minimum absolute atomic E-state index is 0.270. The monoisotopic (exact) mass is 267 g/mol. The van der Waals surface area contributed by atoms with Gasteiger partial charge in [0, 0.05) is 23.0 Å². The average Bonchev–Trinajstić information content (AvgIpc) is 2.81. The van der Waals surface area contributed by atoms with Gasteiger partial charge >= 0.3 is 0 Å². The number of benzene rings is 1. The molecule has 20 heavy (non-hydrogen) atoms. The van der Waals surface area contributed by atoms with Crippen LogP contribution in [0.15, 0.2) is 36.5 Å². The highest BCUT2D eigenvalue weighted by Gasteiger charge is 2.18. The van der Waals surface area contributed by atoms with E-state index in [0.29, 0.717) is 6.04 Å². The molecule has 2 N–H and O–H groups in total. The first kappa shape index (κ1) is 11.7. The third-order valence-corrected chi connectivity index (χ3v) is 4.16. The van der Waals surface area contributed by atoms with Gasteiger partial charge in [0.25, 0.3) is 0 Å². The molecular weight excluding hydrogens is 250 g/mol. The Balaban J connectivity index is 1.92. The molecule has 0 aliphatic carbocycles. The van der Waals surface area contributed by atoms with Gasteiger partial charge in [-0.2, -0.15) is 0 Å². The van der Waals surface area contributed by atoms with Crippen molar-refractivity contribution in [2.75, 3.05) is 6.54 Å². The highest BCUT2D eigenvalue weighted by Crippen LogP contribution is 2.31. The predicted molar refractivity (Wildman–Crippen MR) is 79.0 cm³/mol. The van der Waals surface area contributed by atoms with Crippen LogP contribution >= 0.6 is 0 Å². The highest BCUT2D eigenvalue weighted by atomic mass is 16.3. The Hall–Kier alpha value is -2.07. The fraction of sp³-hybridized carbons (Fsp3) is 0.312. The van der Waals surface area contributed by atoms with E-state index in [-0.39, 0.29) is 5.88 Å². The van der Waals surface area contributed by atoms with Gasteiger partial charge in [0.15, 0.2) is 0 Å². The van der Waals surface area contributed by atoms with Gasteiger partial charge in [-0.25, -0.2) is 4.98 Å². The molecule has 0 bridgehead atoms. The van der Waals surface area contributed by atoms with E-state index in [0.717, 1.165) is 35.1 Å². The Morgan fingerprint density at radius 3 is 2.80 bits per heavy atom. The quantitative estimate of drug-likeness (QED) is 0.712. The van der Waals surface area contributed by atoms with Gasteiger partial charge < -0.3 is 10.4 Å². The number of hydrogen-bond acceptors (Lipinski definition) is 3. The van der Waals surface area contributed by atoms with Gasteiger partial charge in [0.05, 0.1) is 5.69 Å². The van der Waals surface area contributed by atoms with Crippen LogP contribution in [-0.4, -0.2) is 21.0 Å². The second-order valence-corrected chi connectivity index (χ2v) is 5.42. The molecule has 3 aromatic rings. The van der Waals surface area contributed by atoms with Crippen LogP contribution < -0.4 is 5.32 Å². The topological polar surface area (TPSA) is 49.6 Å². The molecule has 4 heteroatoms. The number of nitrogens with zero attached hydrogens (tertiary/aromatic N) is 2. The molecule has 0 saturated carbocycles. The molecule has 1 aliphatic heterocycles. The van der Waals surface area contributed by atoms with E-state index >= 15 is 0 Å². The standard InChI is InChI=1S/C16H17N3O/c20-16-12-6-2-1-5-11(12)15-18-14(8-10-19(15)16)13-7-3-4-9-17-13/h1-2,5-6,8,10,13,17,20H,3-4,7,9H2. The van der Waals surface area contributed by atoms with Crippen molar-refractivity contribution in [2.24, 2.45) is 0 Å². The summed E-state index contributed by atoms with van der Waals surface area (Å²) in [4.78, 5) is 4.79. The van der Waals surface area contributed by atoms with E-state index in [1.165, 1.54) is 12.8 Å². The first-order valence-corrected chi connectivity index (χ1v) is 7.16. The fourth-order valence-electron chi connectivity index (χ4n) is 3.10. The van der Waals surface area contributed by atoms with E-state index < -0.39 is 0 Å². The summed E-state index contributed by atoms with van der Waals surface area (Å²) in [5.74, 6) is 0.270. The molecular formula is C16H17N3O. The van der Waals surface area contributed by atoms with Crippen LogP contribution in [0.3, 0.4) is 0 Å². The van der Waals surface area contributed by atoms with Gasteiger partial charge in [0.2, 0.25) is 5.88 Å². The smallest absolute Gasteiger partial charge is 0.205 e. The number of fused-ring (bicyclic) bond motifs is 3. The van der Waals surface area contributed by atoms with E-state index in [4.69, 9.17) is 4.98 Å². The van der Waals surface area contributed by atoms with Crippen molar-refractivity contribution < 1.29 is 5.11 Å². The average molecular weight is 267 g/mol. The number of hydrogen-bond donors (Lipinski definition) is 2. The minimum Gasteiger partial charge on any atom is -0.494 e. The third-order valence-electron chi connectivity index (χ3n) is 4.16. The summed E-state index contributed by atoms with van der Waals surface area (Å²) in [6.07, 6.45) is 5.54. The number of rotatable bonds is 1. The van der Waals surface area contributed by atoms with Crippen molar-refractivity contribution in [1.29, 1.82) is 0 Å². The highest BCUT2D eigenvalue weighted by molar-refractivity contribution is 5.99. The first-order valence-electron chi connectivity index (χ1n) is 7.16. The summed E-state index contributed by atoms with van der Waals surface area (Å²) >= 11 is 0. The molecule has 3 heterocycles. The molecule has 0 amide bonds. The molecule has 1 fully saturated rings. The van der Waals surface area contributed by atoms with Crippen molar-refractivity contribution in [3.05, 3.63) is 42.2 Å². The molecule has 4 rings (SSSR count). The van der Waals surface area contributed by atoms with Gasteiger partial charge in [-0.1, -0.05) is 24.6 Å². The lowest BCUT2D eigenvalue weighted by Crippen LogP contribution is -2.27. The van der Waals surface area contributed by atoms with Crippen LogP contribution in [-0.2, 0) is 0 Å². The van der Waals surface area contributed by atoms with Crippen LogP contribution in [0.4, 0.5) is 0 Å². The number of nitrogens with one attached hydrogen (secondary N) is 1. The molecule has 1 atom stereocenters. The fourth-order valence-corrected chi connectivity index (χ4v) is 3.10. The summed E-state index contributed by atoms with van der Waals surface area (Å²) in [5, 5.41) is 15.6. The maximum Gasteiger partial charge on any atom is 0.205 e. The largest absolute Gasteiger partial charge is 0.494 e. The van der Waals surface area contributed by atoms with E-state index in [1.54, 1.807) is 4.40 Å². The molecule has 2 aromatic heterocycles. The van der Waals surface area contributed by atoms with Crippen molar-refractivity contribution in [3.63, 3.8) is 0 Å². The van der Waals surface area contributed by atoms with Gasteiger partial charge in [-0.05, 0) is 31.5 Å². The van der Waals surface area contributed by atoms with Crippen LogP contribution in [0.5, 0.6) is 5.88 Å². The van der Waals surface area contributed by atoms with Gasteiger partial charge in [-0.15, -0.1) is 0 Å². The Morgan fingerprint density at radius 2 is 2.00 bits per heavy atom. The minimum atomic E-state index is 0.270. The van der Waals surface area contributed by atoms with E-state index in [9.17, 15) is 5.11 Å². The zero-order valence-electron chi connectivity index (χ0n) is 11.2. The molecule has 4 nitrogen and oxygen atoms in total. The Kier molecular flexibility index (Phi) is 2.63. The van der Waals surface area contributed by atoms with Crippen molar-refractivity contribution in [3.8, 4) is 5.88 Å². The first-order chi connectivity index (χ1) is 9.84. The number of piperidine rings is 1. The molecule has 102 valence electrons. The zero-order chi connectivity index (χ0) is 13.5. The number of aromatic nitrogens is 2. The Bertz CT molecular complexity index is 772. The predicted octanol–water partition coefficient (Wildman–Crippen LogP) is 3.01. The maximum atomic E-state index is 10.3. The molecule has 0 radical (unpaired) electrons. The second-order valence-electron chi connectivity index (χ2n) is 5.42. The zero-order valence-corrected chi connectivity index (χ0v) is 11.2. The second kappa shape index (κ2) is 4.49. The van der Waals surface area contributed by atoms with Crippen LogP contribution in [0.1, 0.15) is 31.0 Å². The van der Waals surface area contributed by atoms with Crippen LogP contribution in [0.2, 0.25) is 0 Å². The number of aromatic hydroxyl groups is 1. The molecule has 1 unspecified atom stereocenters. The SMILES string of the molecule is Oc1c2ccccc2c2nc(C3CCCCN3)ccn12. The van der Waals surface area contributed by atoms with Crippen LogP contribution in [0, 0.1) is 0 Å². The lowest BCUT2D eigenvalue weighted by Gasteiger charge is -2.22. The molecule has 1 saturated heterocycles. The summed E-state index contributed by atoms with van der Waals surface area (Å²) < 4.78 is 1.76. The van der Waals surface area contributed by atoms with Gasteiger partial charge in [-0.3, -0.25) is 4.40 Å². The van der Waals surface area contributed by atoms with Gasteiger partial charge in [0.1, 0.15) is 5.65 Å². The van der Waals surface area contributed by atoms with E-state index in [1.807, 2.05) is 36.5 Å². The lowest BCUT2D eigenvalue weighted by molar-refractivity contribution is 0.405. The third kappa shape index (κ3) is 1.68. The maximum absolute atomic E-state index is 10.3. The van der Waals surface area contributed by atoms with Crippen LogP contribution in [0.25, 0.3) is 16.4 Å². The van der Waals surface area contributed by atoms with Crippen molar-refractivity contribution in [2.45, 2.75) is 25.3 Å².